The molecule has 0 radical (unpaired) electrons. The summed E-state index contributed by atoms with van der Waals surface area (Å²) < 4.78 is 0. The number of nitrogens with one attached hydrogen (secondary N) is 1. The molecule has 1 saturated heterocycles. The van der Waals surface area contributed by atoms with Gasteiger partial charge in [-0.1, -0.05) is 43.4 Å². The highest BCUT2D eigenvalue weighted by molar-refractivity contribution is 5.75. The van der Waals surface area contributed by atoms with Crippen LogP contribution >= 0.6 is 0 Å². The van der Waals surface area contributed by atoms with Crippen molar-refractivity contribution in [1.82, 2.24) is 10.2 Å². The zero-order valence-corrected chi connectivity index (χ0v) is 15.2. The van der Waals surface area contributed by atoms with Crippen molar-refractivity contribution in [2.75, 3.05) is 31.1 Å². The number of hydrogen-bond acceptors (Lipinski definition) is 2. The molecule has 0 unspecified atom stereocenters. The molecule has 1 heterocycles. The van der Waals surface area contributed by atoms with Gasteiger partial charge in [0.25, 0.3) is 0 Å². The first-order chi connectivity index (χ1) is 11.6. The maximum Gasteiger partial charge on any atom is 0.317 e. The van der Waals surface area contributed by atoms with Crippen LogP contribution < -0.4 is 10.2 Å². The van der Waals surface area contributed by atoms with E-state index < -0.39 is 0 Å². The van der Waals surface area contributed by atoms with Gasteiger partial charge in [0.15, 0.2) is 0 Å². The van der Waals surface area contributed by atoms with E-state index in [-0.39, 0.29) is 6.03 Å². The SMILES string of the molecule is Cc1ccc(N2CCN(C(=O)NC3CCCCCC3)CC2)c(C)c1. The average Bonchev–Trinajstić information content (AvgIpc) is 2.84. The number of carbonyl (C=O) groups excluding carboxylic acids is 1. The Morgan fingerprint density at radius 2 is 1.67 bits per heavy atom. The molecule has 1 saturated carbocycles. The molecular weight excluding hydrogens is 298 g/mol. The Bertz CT molecular complexity index is 556. The molecule has 0 bridgehead atoms. The summed E-state index contributed by atoms with van der Waals surface area (Å²) in [7, 11) is 0. The highest BCUT2D eigenvalue weighted by Gasteiger charge is 2.24. The van der Waals surface area contributed by atoms with E-state index in [1.807, 2.05) is 4.90 Å². The molecule has 1 N–H and O–H groups in total. The lowest BCUT2D eigenvalue weighted by Gasteiger charge is -2.37. The van der Waals surface area contributed by atoms with E-state index in [4.69, 9.17) is 0 Å². The number of piperazine rings is 1. The molecule has 0 atom stereocenters. The van der Waals surface area contributed by atoms with Crippen LogP contribution in [0.5, 0.6) is 0 Å². The summed E-state index contributed by atoms with van der Waals surface area (Å²) in [5.41, 5.74) is 3.94. The number of benzene rings is 1. The third-order valence-electron chi connectivity index (χ3n) is 5.44. The van der Waals surface area contributed by atoms with Crippen LogP contribution in [0.2, 0.25) is 0 Å². The Morgan fingerprint density at radius 1 is 1.00 bits per heavy atom. The van der Waals surface area contributed by atoms with Gasteiger partial charge in [0.05, 0.1) is 0 Å². The van der Waals surface area contributed by atoms with E-state index in [0.717, 1.165) is 39.0 Å². The second-order valence-electron chi connectivity index (χ2n) is 7.40. The Morgan fingerprint density at radius 3 is 2.29 bits per heavy atom. The van der Waals surface area contributed by atoms with Gasteiger partial charge in [0.1, 0.15) is 0 Å². The van der Waals surface area contributed by atoms with Gasteiger partial charge < -0.3 is 15.1 Å². The quantitative estimate of drug-likeness (QED) is 0.836. The maximum atomic E-state index is 12.5. The van der Waals surface area contributed by atoms with Crippen LogP contribution in [-0.4, -0.2) is 43.2 Å². The summed E-state index contributed by atoms with van der Waals surface area (Å²) in [6.45, 7) is 7.77. The highest BCUT2D eigenvalue weighted by atomic mass is 16.2. The Hall–Kier alpha value is -1.71. The number of nitrogens with zero attached hydrogens (tertiary/aromatic N) is 2. The molecule has 1 aliphatic carbocycles. The van der Waals surface area contributed by atoms with Gasteiger partial charge in [-0.15, -0.1) is 0 Å². The first-order valence-electron chi connectivity index (χ1n) is 9.51. The number of rotatable bonds is 2. The molecule has 2 amide bonds. The zero-order chi connectivity index (χ0) is 16.9. The maximum absolute atomic E-state index is 12.5. The third kappa shape index (κ3) is 4.22. The number of anilines is 1. The first-order valence-corrected chi connectivity index (χ1v) is 9.51. The van der Waals surface area contributed by atoms with Crippen molar-refractivity contribution in [3.63, 3.8) is 0 Å². The molecule has 0 aromatic heterocycles. The molecule has 4 nitrogen and oxygen atoms in total. The zero-order valence-electron chi connectivity index (χ0n) is 15.2. The fourth-order valence-corrected chi connectivity index (χ4v) is 4.00. The van der Waals surface area contributed by atoms with E-state index in [0.29, 0.717) is 6.04 Å². The topological polar surface area (TPSA) is 35.6 Å². The fourth-order valence-electron chi connectivity index (χ4n) is 4.00. The summed E-state index contributed by atoms with van der Waals surface area (Å²) in [5.74, 6) is 0. The van der Waals surface area contributed by atoms with Crippen LogP contribution in [0, 0.1) is 13.8 Å². The minimum absolute atomic E-state index is 0.141. The van der Waals surface area contributed by atoms with E-state index in [2.05, 4.69) is 42.3 Å². The molecule has 0 spiro atoms. The molecule has 1 aromatic rings. The van der Waals surface area contributed by atoms with E-state index >= 15 is 0 Å². The first kappa shape index (κ1) is 17.1. The van der Waals surface area contributed by atoms with Crippen molar-refractivity contribution >= 4 is 11.7 Å². The minimum Gasteiger partial charge on any atom is -0.368 e. The number of amides is 2. The summed E-state index contributed by atoms with van der Waals surface area (Å²) in [6, 6.07) is 7.15. The van der Waals surface area contributed by atoms with Crippen molar-refractivity contribution in [3.05, 3.63) is 29.3 Å². The van der Waals surface area contributed by atoms with Crippen molar-refractivity contribution in [3.8, 4) is 0 Å². The third-order valence-corrected chi connectivity index (χ3v) is 5.44. The van der Waals surface area contributed by atoms with E-state index in [1.54, 1.807) is 0 Å². The van der Waals surface area contributed by atoms with Gasteiger partial charge >= 0.3 is 6.03 Å². The second kappa shape index (κ2) is 7.91. The lowest BCUT2D eigenvalue weighted by molar-refractivity contribution is 0.189. The Balaban J connectivity index is 1.51. The summed E-state index contributed by atoms with van der Waals surface area (Å²) in [4.78, 5) is 16.9. The van der Waals surface area contributed by atoms with Gasteiger partial charge in [-0.05, 0) is 38.3 Å². The van der Waals surface area contributed by atoms with Gasteiger partial charge in [-0.25, -0.2) is 4.79 Å². The molecule has 4 heteroatoms. The molecule has 2 aliphatic rings. The van der Waals surface area contributed by atoms with Crippen LogP contribution in [-0.2, 0) is 0 Å². The lowest BCUT2D eigenvalue weighted by atomic mass is 10.1. The van der Waals surface area contributed by atoms with E-state index in [1.165, 1.54) is 42.5 Å². The average molecular weight is 329 g/mol. The van der Waals surface area contributed by atoms with E-state index in [9.17, 15) is 4.79 Å². The lowest BCUT2D eigenvalue weighted by Crippen LogP contribution is -2.53. The van der Waals surface area contributed by atoms with Crippen LogP contribution in [0.4, 0.5) is 10.5 Å². The van der Waals surface area contributed by atoms with Crippen molar-refractivity contribution in [1.29, 1.82) is 0 Å². The molecule has 1 aromatic carbocycles. The molecule has 2 fully saturated rings. The molecular formula is C20H31N3O. The molecule has 24 heavy (non-hydrogen) atoms. The van der Waals surface area contributed by atoms with Gasteiger partial charge in [-0.3, -0.25) is 0 Å². The van der Waals surface area contributed by atoms with Gasteiger partial charge in [0.2, 0.25) is 0 Å². The summed E-state index contributed by atoms with van der Waals surface area (Å²) in [6.07, 6.45) is 7.45. The van der Waals surface area contributed by atoms with Crippen LogP contribution in [0.1, 0.15) is 49.7 Å². The minimum atomic E-state index is 0.141. The van der Waals surface area contributed by atoms with Crippen LogP contribution in [0.3, 0.4) is 0 Å². The van der Waals surface area contributed by atoms with Crippen molar-refractivity contribution in [2.24, 2.45) is 0 Å². The highest BCUT2D eigenvalue weighted by Crippen LogP contribution is 2.23. The molecule has 132 valence electrons. The molecule has 1 aliphatic heterocycles. The number of urea groups is 1. The Kier molecular flexibility index (Phi) is 5.64. The predicted octanol–water partition coefficient (Wildman–Crippen LogP) is 3.86. The largest absolute Gasteiger partial charge is 0.368 e. The monoisotopic (exact) mass is 329 g/mol. The van der Waals surface area contributed by atoms with Crippen molar-refractivity contribution < 1.29 is 4.79 Å². The van der Waals surface area contributed by atoms with Crippen LogP contribution in [0.15, 0.2) is 18.2 Å². The Labute approximate surface area is 146 Å². The van der Waals surface area contributed by atoms with Gasteiger partial charge in [0, 0.05) is 37.9 Å². The normalized spacial score (nSPS) is 19.9. The van der Waals surface area contributed by atoms with Crippen LogP contribution in [0.25, 0.3) is 0 Å². The molecule has 3 rings (SSSR count). The number of aryl methyl sites for hydroxylation is 2. The predicted molar refractivity (Wildman–Crippen MR) is 99.7 cm³/mol. The summed E-state index contributed by atoms with van der Waals surface area (Å²) in [5, 5.41) is 3.27. The fraction of sp³-hybridized carbons (Fsp3) is 0.650. The smallest absolute Gasteiger partial charge is 0.317 e. The summed E-state index contributed by atoms with van der Waals surface area (Å²) >= 11 is 0. The standard InChI is InChI=1S/C20H31N3O/c1-16-9-10-19(17(2)15-16)22-11-13-23(14-12-22)20(24)21-18-7-5-3-4-6-8-18/h9-10,15,18H,3-8,11-14H2,1-2H3,(H,21,24). The second-order valence-corrected chi connectivity index (χ2v) is 7.40. The van der Waals surface area contributed by atoms with Gasteiger partial charge in [-0.2, -0.15) is 0 Å². The van der Waals surface area contributed by atoms with Crippen molar-refractivity contribution in [2.45, 2.75) is 58.4 Å². The number of hydrogen-bond donors (Lipinski definition) is 1. The number of carbonyl (C=O) groups is 1.